The Balaban J connectivity index is 2.11. The lowest BCUT2D eigenvalue weighted by Gasteiger charge is -2.30. The highest BCUT2D eigenvalue weighted by molar-refractivity contribution is 7.99. The standard InChI is InChI=1S/C21H24Cl2N2O2S/c1-3-19(21(27)24-2)25(12-16-8-4-5-10-18(16)23)20(26)14-28-13-15-7-6-9-17(22)11-15/h4-11,19H,3,12-14H2,1-2H3,(H,24,27)/t19-/m1/s1. The molecule has 0 saturated carbocycles. The zero-order chi connectivity index (χ0) is 20.5. The summed E-state index contributed by atoms with van der Waals surface area (Å²) in [6.07, 6.45) is 0.523. The van der Waals surface area contributed by atoms with Gasteiger partial charge in [0.1, 0.15) is 6.04 Å². The van der Waals surface area contributed by atoms with E-state index in [1.54, 1.807) is 18.0 Å². The molecule has 2 amide bonds. The third-order valence-corrected chi connectivity index (χ3v) is 5.91. The molecule has 150 valence electrons. The van der Waals surface area contributed by atoms with E-state index in [9.17, 15) is 9.59 Å². The molecule has 2 rings (SSSR count). The minimum atomic E-state index is -0.541. The van der Waals surface area contributed by atoms with Gasteiger partial charge in [0.25, 0.3) is 0 Å². The van der Waals surface area contributed by atoms with Gasteiger partial charge < -0.3 is 10.2 Å². The molecule has 1 N–H and O–H groups in total. The summed E-state index contributed by atoms with van der Waals surface area (Å²) in [5, 5.41) is 3.91. The molecule has 0 aliphatic carbocycles. The van der Waals surface area contributed by atoms with E-state index in [1.807, 2.05) is 49.4 Å². The molecule has 1 atom stereocenters. The van der Waals surface area contributed by atoms with E-state index in [2.05, 4.69) is 5.32 Å². The van der Waals surface area contributed by atoms with Crippen molar-refractivity contribution in [1.29, 1.82) is 0 Å². The molecular formula is C21H24Cl2N2O2S. The van der Waals surface area contributed by atoms with Gasteiger partial charge in [0.05, 0.1) is 5.75 Å². The van der Waals surface area contributed by atoms with Crippen molar-refractivity contribution in [3.63, 3.8) is 0 Å². The SMILES string of the molecule is CC[C@H](C(=O)NC)N(Cc1ccccc1Cl)C(=O)CSCc1cccc(Cl)c1. The third-order valence-electron chi connectivity index (χ3n) is 4.31. The summed E-state index contributed by atoms with van der Waals surface area (Å²) in [5.74, 6) is 0.665. The van der Waals surface area contributed by atoms with Crippen molar-refractivity contribution in [1.82, 2.24) is 10.2 Å². The number of hydrogen-bond acceptors (Lipinski definition) is 3. The fourth-order valence-electron chi connectivity index (χ4n) is 2.86. The number of carbonyl (C=O) groups is 2. The highest BCUT2D eigenvalue weighted by Gasteiger charge is 2.28. The number of nitrogens with one attached hydrogen (secondary N) is 1. The van der Waals surface area contributed by atoms with E-state index in [1.165, 1.54) is 11.8 Å². The fourth-order valence-corrected chi connectivity index (χ4v) is 4.13. The first kappa shape index (κ1) is 22.6. The zero-order valence-corrected chi connectivity index (χ0v) is 18.3. The maximum Gasteiger partial charge on any atom is 0.242 e. The molecule has 0 aliphatic rings. The number of likely N-dealkylation sites (N-methyl/N-ethyl adjacent to an activating group) is 1. The van der Waals surface area contributed by atoms with Crippen LogP contribution < -0.4 is 5.32 Å². The summed E-state index contributed by atoms with van der Waals surface area (Å²) in [7, 11) is 1.58. The molecule has 2 aromatic carbocycles. The number of rotatable bonds is 9. The van der Waals surface area contributed by atoms with Crippen LogP contribution in [0.2, 0.25) is 10.0 Å². The summed E-state index contributed by atoms with van der Waals surface area (Å²) in [6.45, 7) is 2.19. The molecule has 0 unspecified atom stereocenters. The van der Waals surface area contributed by atoms with Gasteiger partial charge >= 0.3 is 0 Å². The molecule has 4 nitrogen and oxygen atoms in total. The van der Waals surface area contributed by atoms with Crippen LogP contribution in [0, 0.1) is 0 Å². The number of amides is 2. The molecule has 28 heavy (non-hydrogen) atoms. The minimum absolute atomic E-state index is 0.0950. The van der Waals surface area contributed by atoms with Crippen molar-refractivity contribution in [2.24, 2.45) is 0 Å². The second-order valence-corrected chi connectivity index (χ2v) is 8.10. The van der Waals surface area contributed by atoms with Crippen molar-refractivity contribution >= 4 is 46.8 Å². The van der Waals surface area contributed by atoms with Crippen LogP contribution in [0.25, 0.3) is 0 Å². The number of nitrogens with zero attached hydrogens (tertiary/aromatic N) is 1. The Labute approximate surface area is 180 Å². The van der Waals surface area contributed by atoms with Gasteiger partial charge in [-0.2, -0.15) is 0 Å². The lowest BCUT2D eigenvalue weighted by atomic mass is 10.1. The normalized spacial score (nSPS) is 11.7. The number of halogens is 2. The maximum absolute atomic E-state index is 13.0. The molecule has 0 fully saturated rings. The monoisotopic (exact) mass is 438 g/mol. The largest absolute Gasteiger partial charge is 0.357 e. The van der Waals surface area contributed by atoms with Gasteiger partial charge in [0.15, 0.2) is 0 Å². The van der Waals surface area contributed by atoms with Crippen LogP contribution in [0.15, 0.2) is 48.5 Å². The van der Waals surface area contributed by atoms with Crippen LogP contribution in [-0.4, -0.2) is 35.6 Å². The molecule has 0 radical (unpaired) electrons. The fraction of sp³-hybridized carbons (Fsp3) is 0.333. The van der Waals surface area contributed by atoms with Crippen molar-refractivity contribution < 1.29 is 9.59 Å². The molecular weight excluding hydrogens is 415 g/mol. The first-order chi connectivity index (χ1) is 13.5. The molecule has 0 saturated heterocycles. The van der Waals surface area contributed by atoms with Crippen molar-refractivity contribution in [3.8, 4) is 0 Å². The third kappa shape index (κ3) is 6.43. The summed E-state index contributed by atoms with van der Waals surface area (Å²) in [4.78, 5) is 26.9. The van der Waals surface area contributed by atoms with Gasteiger partial charge in [-0.1, -0.05) is 60.5 Å². The topological polar surface area (TPSA) is 49.4 Å². The number of carbonyl (C=O) groups excluding carboxylic acids is 2. The minimum Gasteiger partial charge on any atom is -0.357 e. The van der Waals surface area contributed by atoms with Gasteiger partial charge in [-0.05, 0) is 35.7 Å². The Hall–Kier alpha value is -1.69. The van der Waals surface area contributed by atoms with Gasteiger partial charge in [-0.25, -0.2) is 0 Å². The van der Waals surface area contributed by atoms with Gasteiger partial charge in [-0.15, -0.1) is 11.8 Å². The maximum atomic E-state index is 13.0. The first-order valence-corrected chi connectivity index (χ1v) is 10.9. The van der Waals surface area contributed by atoms with Crippen LogP contribution in [0.1, 0.15) is 24.5 Å². The molecule has 7 heteroatoms. The highest BCUT2D eigenvalue weighted by atomic mass is 35.5. The van der Waals surface area contributed by atoms with Crippen LogP contribution in [-0.2, 0) is 21.9 Å². The van der Waals surface area contributed by atoms with Crippen molar-refractivity contribution in [3.05, 3.63) is 69.7 Å². The van der Waals surface area contributed by atoms with Crippen LogP contribution in [0.5, 0.6) is 0 Å². The van der Waals surface area contributed by atoms with Crippen LogP contribution in [0.3, 0.4) is 0 Å². The Bertz CT molecular complexity index is 816. The van der Waals surface area contributed by atoms with Gasteiger partial charge in [0, 0.05) is 29.4 Å². The van der Waals surface area contributed by atoms with E-state index in [0.717, 1.165) is 11.1 Å². The lowest BCUT2D eigenvalue weighted by molar-refractivity contribution is -0.139. The zero-order valence-electron chi connectivity index (χ0n) is 16.0. The smallest absolute Gasteiger partial charge is 0.242 e. The summed E-state index contributed by atoms with van der Waals surface area (Å²) in [5.41, 5.74) is 1.88. The van der Waals surface area contributed by atoms with E-state index < -0.39 is 6.04 Å². The summed E-state index contributed by atoms with van der Waals surface area (Å²) in [6, 6.07) is 14.4. The first-order valence-electron chi connectivity index (χ1n) is 9.03. The summed E-state index contributed by atoms with van der Waals surface area (Å²) >= 11 is 13.8. The predicted molar refractivity (Wildman–Crippen MR) is 118 cm³/mol. The average molecular weight is 439 g/mol. The van der Waals surface area contributed by atoms with E-state index in [4.69, 9.17) is 23.2 Å². The van der Waals surface area contributed by atoms with Crippen LogP contribution >= 0.6 is 35.0 Å². The van der Waals surface area contributed by atoms with Crippen molar-refractivity contribution in [2.45, 2.75) is 31.7 Å². The van der Waals surface area contributed by atoms with E-state index in [0.29, 0.717) is 28.8 Å². The Morgan fingerprint density at radius 3 is 2.54 bits per heavy atom. The van der Waals surface area contributed by atoms with Gasteiger partial charge in [0.2, 0.25) is 11.8 Å². The second-order valence-electron chi connectivity index (χ2n) is 6.27. The van der Waals surface area contributed by atoms with Crippen molar-refractivity contribution in [2.75, 3.05) is 12.8 Å². The molecule has 0 aliphatic heterocycles. The molecule has 2 aromatic rings. The van der Waals surface area contributed by atoms with Crippen LogP contribution in [0.4, 0.5) is 0 Å². The predicted octanol–water partition coefficient (Wildman–Crippen LogP) is 4.78. The number of thioether (sulfide) groups is 1. The molecule has 0 aromatic heterocycles. The van der Waals surface area contributed by atoms with Gasteiger partial charge in [-0.3, -0.25) is 9.59 Å². The molecule has 0 spiro atoms. The Kier molecular flexibility index (Phi) is 9.16. The Morgan fingerprint density at radius 2 is 1.89 bits per heavy atom. The average Bonchev–Trinajstić information content (AvgIpc) is 2.69. The Morgan fingerprint density at radius 1 is 1.14 bits per heavy atom. The highest BCUT2D eigenvalue weighted by Crippen LogP contribution is 2.22. The number of hydrogen-bond donors (Lipinski definition) is 1. The molecule has 0 heterocycles. The lowest BCUT2D eigenvalue weighted by Crippen LogP contribution is -2.48. The van der Waals surface area contributed by atoms with E-state index in [-0.39, 0.29) is 17.6 Å². The quantitative estimate of drug-likeness (QED) is 0.612. The van der Waals surface area contributed by atoms with E-state index >= 15 is 0 Å². The molecule has 0 bridgehead atoms. The number of benzene rings is 2. The summed E-state index contributed by atoms with van der Waals surface area (Å²) < 4.78 is 0. The second kappa shape index (κ2) is 11.3.